The first-order valence-corrected chi connectivity index (χ1v) is 6.79. The first-order chi connectivity index (χ1) is 8.98. The average Bonchev–Trinajstić information content (AvgIpc) is 3.17. The number of aliphatic carboxylic acids is 1. The Bertz CT molecular complexity index is 368. The first kappa shape index (κ1) is 14.1. The second kappa shape index (κ2) is 5.36. The molecule has 0 aromatic carbocycles. The van der Waals surface area contributed by atoms with Crippen LogP contribution >= 0.6 is 0 Å². The molecule has 6 nitrogen and oxygen atoms in total. The topological polar surface area (TPSA) is 78.9 Å². The van der Waals surface area contributed by atoms with Crippen molar-refractivity contribution in [2.24, 2.45) is 5.41 Å². The molecule has 108 valence electrons. The molecule has 2 fully saturated rings. The predicted molar refractivity (Wildman–Crippen MR) is 68.9 cm³/mol. The molecule has 0 radical (unpaired) electrons. The monoisotopic (exact) mass is 270 g/mol. The number of hydrogen-bond acceptors (Lipinski definition) is 3. The van der Waals surface area contributed by atoms with Crippen molar-refractivity contribution in [2.45, 2.75) is 44.8 Å². The third-order valence-corrected chi connectivity index (χ3v) is 4.31. The van der Waals surface area contributed by atoms with Gasteiger partial charge in [0.1, 0.15) is 0 Å². The number of ether oxygens (including phenoxy) is 1. The molecule has 0 aromatic heterocycles. The number of likely N-dealkylation sites (tertiary alicyclic amines) is 1. The lowest BCUT2D eigenvalue weighted by Gasteiger charge is -2.37. The molecule has 1 aliphatic carbocycles. The molecule has 1 heterocycles. The summed E-state index contributed by atoms with van der Waals surface area (Å²) in [6.45, 7) is 2.89. The van der Waals surface area contributed by atoms with Crippen molar-refractivity contribution >= 4 is 12.0 Å². The second-order valence-electron chi connectivity index (χ2n) is 5.67. The molecule has 2 unspecified atom stereocenters. The summed E-state index contributed by atoms with van der Waals surface area (Å²) in [5, 5.41) is 11.8. The van der Waals surface area contributed by atoms with Crippen molar-refractivity contribution in [3.63, 3.8) is 0 Å². The molecule has 0 aromatic rings. The normalized spacial score (nSPS) is 28.8. The van der Waals surface area contributed by atoms with E-state index in [1.165, 1.54) is 0 Å². The molecule has 0 bridgehead atoms. The summed E-state index contributed by atoms with van der Waals surface area (Å²) in [4.78, 5) is 24.9. The van der Waals surface area contributed by atoms with E-state index in [1.54, 1.807) is 12.0 Å². The Morgan fingerprint density at radius 1 is 1.47 bits per heavy atom. The average molecular weight is 270 g/mol. The van der Waals surface area contributed by atoms with E-state index >= 15 is 0 Å². The number of carbonyl (C=O) groups excluding carboxylic acids is 1. The highest BCUT2D eigenvalue weighted by atomic mass is 16.5. The van der Waals surface area contributed by atoms with Crippen molar-refractivity contribution in [2.75, 3.05) is 20.2 Å². The standard InChI is InChI=1S/C13H22N2O4/c1-9-7-10(19-2)3-6-15(9)12(18)14-8-13(4-5-13)11(16)17/h9-10H,3-8H2,1-2H3,(H,14,18)(H,16,17). The zero-order valence-electron chi connectivity index (χ0n) is 11.5. The van der Waals surface area contributed by atoms with E-state index in [-0.39, 0.29) is 24.7 Å². The summed E-state index contributed by atoms with van der Waals surface area (Å²) in [6.07, 6.45) is 3.19. The van der Waals surface area contributed by atoms with E-state index in [2.05, 4.69) is 5.32 Å². The highest BCUT2D eigenvalue weighted by Gasteiger charge is 2.50. The number of carboxylic acids is 1. The molecular formula is C13H22N2O4. The molecule has 1 saturated heterocycles. The van der Waals surface area contributed by atoms with Gasteiger partial charge in [0.15, 0.2) is 0 Å². The Labute approximate surface area is 113 Å². The van der Waals surface area contributed by atoms with Gasteiger partial charge < -0.3 is 20.1 Å². The van der Waals surface area contributed by atoms with Gasteiger partial charge in [0.05, 0.1) is 11.5 Å². The van der Waals surface area contributed by atoms with E-state index < -0.39 is 11.4 Å². The van der Waals surface area contributed by atoms with Gasteiger partial charge in [-0.05, 0) is 32.6 Å². The molecule has 1 aliphatic heterocycles. The Kier molecular flexibility index (Phi) is 3.99. The number of carbonyl (C=O) groups is 2. The predicted octanol–water partition coefficient (Wildman–Crippen LogP) is 1.06. The second-order valence-corrected chi connectivity index (χ2v) is 5.67. The highest BCUT2D eigenvalue weighted by Crippen LogP contribution is 2.45. The Morgan fingerprint density at radius 3 is 2.63 bits per heavy atom. The fourth-order valence-electron chi connectivity index (χ4n) is 2.61. The van der Waals surface area contributed by atoms with Crippen molar-refractivity contribution in [1.82, 2.24) is 10.2 Å². The minimum absolute atomic E-state index is 0.124. The Balaban J connectivity index is 1.82. The summed E-state index contributed by atoms with van der Waals surface area (Å²) in [5.74, 6) is -0.807. The van der Waals surface area contributed by atoms with Crippen LogP contribution in [0.5, 0.6) is 0 Å². The first-order valence-electron chi connectivity index (χ1n) is 6.79. The highest BCUT2D eigenvalue weighted by molar-refractivity contribution is 5.80. The number of nitrogens with zero attached hydrogens (tertiary/aromatic N) is 1. The lowest BCUT2D eigenvalue weighted by atomic mass is 10.0. The van der Waals surface area contributed by atoms with Crippen LogP contribution < -0.4 is 5.32 Å². The molecular weight excluding hydrogens is 248 g/mol. The van der Waals surface area contributed by atoms with Crippen LogP contribution in [0.1, 0.15) is 32.6 Å². The minimum atomic E-state index is -0.807. The van der Waals surface area contributed by atoms with Gasteiger partial charge in [-0.1, -0.05) is 0 Å². The molecule has 1 saturated carbocycles. The fraction of sp³-hybridized carbons (Fsp3) is 0.846. The van der Waals surface area contributed by atoms with Gasteiger partial charge >= 0.3 is 12.0 Å². The zero-order chi connectivity index (χ0) is 14.0. The van der Waals surface area contributed by atoms with Crippen molar-refractivity contribution < 1.29 is 19.4 Å². The van der Waals surface area contributed by atoms with Gasteiger partial charge in [-0.25, -0.2) is 4.79 Å². The number of piperidine rings is 1. The quantitative estimate of drug-likeness (QED) is 0.800. The maximum atomic E-state index is 12.1. The number of nitrogens with one attached hydrogen (secondary N) is 1. The van der Waals surface area contributed by atoms with Gasteiger partial charge in [-0.15, -0.1) is 0 Å². The molecule has 2 amide bonds. The summed E-state index contributed by atoms with van der Waals surface area (Å²) in [5.41, 5.74) is -0.705. The van der Waals surface area contributed by atoms with Crippen LogP contribution in [0.2, 0.25) is 0 Å². The largest absolute Gasteiger partial charge is 0.481 e. The summed E-state index contributed by atoms with van der Waals surface area (Å²) >= 11 is 0. The number of methoxy groups -OCH3 is 1. The van der Waals surface area contributed by atoms with Gasteiger partial charge in [0.25, 0.3) is 0 Å². The van der Waals surface area contributed by atoms with Crippen molar-refractivity contribution in [1.29, 1.82) is 0 Å². The van der Waals surface area contributed by atoms with Crippen molar-refractivity contribution in [3.8, 4) is 0 Å². The zero-order valence-corrected chi connectivity index (χ0v) is 11.5. The number of rotatable bonds is 4. The van der Waals surface area contributed by atoms with Crippen LogP contribution in [0.4, 0.5) is 4.79 Å². The Hall–Kier alpha value is -1.30. The van der Waals surface area contributed by atoms with E-state index in [9.17, 15) is 9.59 Å². The van der Waals surface area contributed by atoms with Crippen LogP contribution in [0, 0.1) is 5.41 Å². The van der Waals surface area contributed by atoms with Crippen LogP contribution in [-0.4, -0.2) is 54.4 Å². The maximum absolute atomic E-state index is 12.1. The fourth-order valence-corrected chi connectivity index (χ4v) is 2.61. The molecule has 0 spiro atoms. The van der Waals surface area contributed by atoms with E-state index in [1.807, 2.05) is 6.92 Å². The number of urea groups is 1. The lowest BCUT2D eigenvalue weighted by molar-refractivity contribution is -0.143. The summed E-state index contributed by atoms with van der Waals surface area (Å²) < 4.78 is 5.31. The number of amides is 2. The Morgan fingerprint density at radius 2 is 2.16 bits per heavy atom. The summed E-state index contributed by atoms with van der Waals surface area (Å²) in [6, 6.07) is -0.0340. The summed E-state index contributed by atoms with van der Waals surface area (Å²) in [7, 11) is 1.69. The van der Waals surface area contributed by atoms with E-state index in [0.29, 0.717) is 19.4 Å². The van der Waals surface area contributed by atoms with Crippen LogP contribution in [-0.2, 0) is 9.53 Å². The number of carboxylic acid groups (broad SMARTS) is 1. The van der Waals surface area contributed by atoms with Crippen molar-refractivity contribution in [3.05, 3.63) is 0 Å². The third kappa shape index (κ3) is 3.00. The van der Waals surface area contributed by atoms with Crippen LogP contribution in [0.25, 0.3) is 0 Å². The molecule has 19 heavy (non-hydrogen) atoms. The third-order valence-electron chi connectivity index (χ3n) is 4.31. The maximum Gasteiger partial charge on any atom is 0.317 e. The van der Waals surface area contributed by atoms with E-state index in [0.717, 1.165) is 12.8 Å². The molecule has 2 atom stereocenters. The van der Waals surface area contributed by atoms with Gasteiger partial charge in [-0.3, -0.25) is 4.79 Å². The van der Waals surface area contributed by atoms with Crippen LogP contribution in [0.3, 0.4) is 0 Å². The SMILES string of the molecule is COC1CCN(C(=O)NCC2(C(=O)O)CC2)C(C)C1. The smallest absolute Gasteiger partial charge is 0.317 e. The molecule has 6 heteroatoms. The van der Waals surface area contributed by atoms with Gasteiger partial charge in [0.2, 0.25) is 0 Å². The number of hydrogen-bond donors (Lipinski definition) is 2. The van der Waals surface area contributed by atoms with Crippen LogP contribution in [0.15, 0.2) is 0 Å². The van der Waals surface area contributed by atoms with E-state index in [4.69, 9.17) is 9.84 Å². The lowest BCUT2D eigenvalue weighted by Crippen LogP contribution is -2.51. The van der Waals surface area contributed by atoms with Gasteiger partial charge in [0, 0.05) is 26.2 Å². The van der Waals surface area contributed by atoms with Gasteiger partial charge in [-0.2, -0.15) is 0 Å². The molecule has 2 N–H and O–H groups in total. The molecule has 2 aliphatic rings. The minimum Gasteiger partial charge on any atom is -0.481 e. The molecule has 2 rings (SSSR count).